The molecule has 3 N–H and O–H groups in total. The molecule has 2 aromatic heterocycles. The van der Waals surface area contributed by atoms with Crippen LogP contribution in [0.3, 0.4) is 0 Å². The number of likely N-dealkylation sites (tertiary alicyclic amines) is 1. The molecule has 278 valence electrons. The lowest BCUT2D eigenvalue weighted by Crippen LogP contribution is -2.58. The van der Waals surface area contributed by atoms with Crippen LogP contribution in [0.25, 0.3) is 10.8 Å². The number of carbonyl (C=O) groups is 3. The SMILES string of the molecule is C=C[C@@H]1C[C@]1(NC(=O)[C@@H]1C[C@@H](Oc2ncc(OC)c3ccc(Cl)cc23)CN1C(=O)C(Nc1cc(C)cc(C)n1)C(C)(C)C)C(=O)NS(=O)(=O)C1CC1. The Balaban J connectivity index is 1.33. The first-order chi connectivity index (χ1) is 24.4. The molecule has 13 nitrogen and oxygen atoms in total. The Bertz CT molecular complexity index is 2030. The number of hydrogen-bond acceptors (Lipinski definition) is 10. The number of methoxy groups -OCH3 is 1. The quantitative estimate of drug-likeness (QED) is 0.225. The molecule has 3 aromatic rings. The number of rotatable bonds is 12. The van der Waals surface area contributed by atoms with Crippen LogP contribution < -0.4 is 24.8 Å². The summed E-state index contributed by atoms with van der Waals surface area (Å²) in [6.45, 7) is 13.4. The molecule has 52 heavy (non-hydrogen) atoms. The first kappa shape index (κ1) is 37.3. The molecule has 5 atom stereocenters. The molecule has 1 unspecified atom stereocenters. The monoisotopic (exact) mass is 752 g/mol. The molecule has 15 heteroatoms. The van der Waals surface area contributed by atoms with Gasteiger partial charge in [-0.05, 0) is 74.4 Å². The maximum Gasteiger partial charge on any atom is 0.259 e. The van der Waals surface area contributed by atoms with E-state index in [2.05, 4.69) is 31.9 Å². The molecule has 0 spiro atoms. The minimum Gasteiger partial charge on any atom is -0.494 e. The number of pyridine rings is 2. The molecule has 1 saturated heterocycles. The number of aryl methyl sites for hydroxylation is 2. The van der Waals surface area contributed by atoms with Gasteiger partial charge in [0.2, 0.25) is 27.7 Å². The molecular formula is C37H45ClN6O7S. The minimum absolute atomic E-state index is 0.0152. The Labute approximate surface area is 308 Å². The summed E-state index contributed by atoms with van der Waals surface area (Å²) in [5.41, 5.74) is -0.412. The Morgan fingerprint density at radius 3 is 2.48 bits per heavy atom. The predicted molar refractivity (Wildman–Crippen MR) is 198 cm³/mol. The Morgan fingerprint density at radius 1 is 1.13 bits per heavy atom. The van der Waals surface area contributed by atoms with Crippen molar-refractivity contribution < 1.29 is 32.3 Å². The molecule has 6 rings (SSSR count). The van der Waals surface area contributed by atoms with Gasteiger partial charge in [-0.3, -0.25) is 19.1 Å². The Hall–Kier alpha value is -4.43. The highest BCUT2D eigenvalue weighted by molar-refractivity contribution is 7.91. The van der Waals surface area contributed by atoms with Crippen LogP contribution in [-0.2, 0) is 24.4 Å². The summed E-state index contributed by atoms with van der Waals surface area (Å²) >= 11 is 6.35. The molecule has 3 amide bonds. The van der Waals surface area contributed by atoms with Crippen LogP contribution in [0.5, 0.6) is 11.6 Å². The highest BCUT2D eigenvalue weighted by Gasteiger charge is 2.62. The number of hydrogen-bond donors (Lipinski definition) is 3. The van der Waals surface area contributed by atoms with Crippen molar-refractivity contribution in [1.82, 2.24) is 24.9 Å². The summed E-state index contributed by atoms with van der Waals surface area (Å²) < 4.78 is 39.5. The van der Waals surface area contributed by atoms with Crippen LogP contribution in [0.15, 0.2) is 49.2 Å². The molecule has 3 heterocycles. The van der Waals surface area contributed by atoms with E-state index in [1.165, 1.54) is 24.3 Å². The zero-order valence-electron chi connectivity index (χ0n) is 30.2. The van der Waals surface area contributed by atoms with Crippen molar-refractivity contribution in [2.24, 2.45) is 11.3 Å². The maximum absolute atomic E-state index is 14.7. The van der Waals surface area contributed by atoms with Crippen LogP contribution in [0.2, 0.25) is 5.02 Å². The topological polar surface area (TPSA) is 169 Å². The largest absolute Gasteiger partial charge is 0.494 e. The highest BCUT2D eigenvalue weighted by Crippen LogP contribution is 2.46. The van der Waals surface area contributed by atoms with E-state index in [1.807, 2.05) is 46.8 Å². The van der Waals surface area contributed by atoms with E-state index >= 15 is 0 Å². The smallest absolute Gasteiger partial charge is 0.259 e. The van der Waals surface area contributed by atoms with Crippen molar-refractivity contribution >= 4 is 55.9 Å². The van der Waals surface area contributed by atoms with Gasteiger partial charge in [0.15, 0.2) is 0 Å². The lowest BCUT2D eigenvalue weighted by atomic mass is 9.85. The van der Waals surface area contributed by atoms with Crippen molar-refractivity contribution in [3.8, 4) is 11.6 Å². The third-order valence-electron chi connectivity index (χ3n) is 9.87. The molecule has 2 aliphatic carbocycles. The van der Waals surface area contributed by atoms with Gasteiger partial charge in [0.25, 0.3) is 5.91 Å². The van der Waals surface area contributed by atoms with Crippen LogP contribution in [-0.4, -0.2) is 83.6 Å². The molecule has 0 bridgehead atoms. The van der Waals surface area contributed by atoms with Crippen LogP contribution in [0.1, 0.15) is 57.7 Å². The van der Waals surface area contributed by atoms with E-state index in [9.17, 15) is 22.8 Å². The lowest BCUT2D eigenvalue weighted by molar-refractivity contribution is -0.141. The van der Waals surface area contributed by atoms with Crippen molar-refractivity contribution in [2.45, 2.75) is 89.3 Å². The second-order valence-electron chi connectivity index (χ2n) is 15.1. The predicted octanol–water partition coefficient (Wildman–Crippen LogP) is 4.45. The number of nitrogens with zero attached hydrogens (tertiary/aromatic N) is 3. The summed E-state index contributed by atoms with van der Waals surface area (Å²) in [6.07, 6.45) is 3.53. The number of aromatic nitrogens is 2. The number of fused-ring (bicyclic) bond motifs is 1. The first-order valence-corrected chi connectivity index (χ1v) is 19.2. The molecule has 1 aliphatic heterocycles. The normalized spacial score (nSPS) is 23.4. The van der Waals surface area contributed by atoms with E-state index in [1.54, 1.807) is 18.2 Å². The van der Waals surface area contributed by atoms with Crippen LogP contribution in [0, 0.1) is 25.2 Å². The van der Waals surface area contributed by atoms with Crippen LogP contribution >= 0.6 is 11.6 Å². The number of nitrogens with one attached hydrogen (secondary N) is 3. The lowest BCUT2D eigenvalue weighted by Gasteiger charge is -2.36. The highest BCUT2D eigenvalue weighted by atomic mass is 35.5. The molecule has 1 aromatic carbocycles. The summed E-state index contributed by atoms with van der Waals surface area (Å²) in [4.78, 5) is 53.1. The molecular weight excluding hydrogens is 708 g/mol. The number of anilines is 1. The zero-order chi connectivity index (χ0) is 37.7. The fraction of sp³-hybridized carbons (Fsp3) is 0.486. The summed E-state index contributed by atoms with van der Waals surface area (Å²) in [6, 6.07) is 7.12. The van der Waals surface area contributed by atoms with Crippen molar-refractivity contribution in [1.29, 1.82) is 0 Å². The average Bonchev–Trinajstić information content (AvgIpc) is 3.99. The van der Waals surface area contributed by atoms with Gasteiger partial charge >= 0.3 is 0 Å². The minimum atomic E-state index is -3.88. The number of ether oxygens (including phenoxy) is 2. The van der Waals surface area contributed by atoms with Gasteiger partial charge in [-0.1, -0.05) is 38.4 Å². The number of halogens is 1. The maximum atomic E-state index is 14.7. The molecule has 0 radical (unpaired) electrons. The summed E-state index contributed by atoms with van der Waals surface area (Å²) in [7, 11) is -2.35. The number of amides is 3. The van der Waals surface area contributed by atoms with Crippen molar-refractivity contribution in [3.05, 3.63) is 65.5 Å². The zero-order valence-corrected chi connectivity index (χ0v) is 31.7. The van der Waals surface area contributed by atoms with Crippen molar-refractivity contribution in [2.75, 3.05) is 19.0 Å². The number of carbonyl (C=O) groups excluding carboxylic acids is 3. The fourth-order valence-corrected chi connectivity index (χ4v) is 8.39. The van der Waals surface area contributed by atoms with E-state index < -0.39 is 62.1 Å². The van der Waals surface area contributed by atoms with Gasteiger partial charge in [0.1, 0.15) is 35.3 Å². The molecule has 3 fully saturated rings. The Kier molecular flexibility index (Phi) is 9.94. The van der Waals surface area contributed by atoms with Gasteiger partial charge in [-0.25, -0.2) is 18.4 Å². The third-order valence-corrected chi connectivity index (χ3v) is 11.9. The van der Waals surface area contributed by atoms with E-state index in [-0.39, 0.29) is 31.2 Å². The van der Waals surface area contributed by atoms with E-state index in [0.717, 1.165) is 11.3 Å². The second-order valence-corrected chi connectivity index (χ2v) is 17.5. The standard InChI is InChI=1S/C37H45ClN6O7S/c1-8-22-17-37(22,35(47)43-52(48,49)25-10-11-25)42-32(45)28-16-24(51-33-27-15-23(38)9-12-26(27)29(50-7)18-39-33)19-44(28)34(46)31(36(4,5)6)41-30-14-20(2)13-21(3)40-30/h8-9,12-15,18,22,24-25,28,31H,1,10-11,16-17,19H2,2-7H3,(H,40,41)(H,42,45)(H,43,47)/t22-,24-,28+,31?,37-/m1/s1. The van der Waals surface area contributed by atoms with Gasteiger partial charge in [0, 0.05) is 33.8 Å². The van der Waals surface area contributed by atoms with E-state index in [0.29, 0.717) is 40.2 Å². The summed E-state index contributed by atoms with van der Waals surface area (Å²) in [5, 5.41) is 7.30. The van der Waals surface area contributed by atoms with Crippen molar-refractivity contribution in [3.63, 3.8) is 0 Å². The number of sulfonamides is 1. The molecule has 3 aliphatic rings. The van der Waals surface area contributed by atoms with Crippen LogP contribution in [0.4, 0.5) is 5.82 Å². The summed E-state index contributed by atoms with van der Waals surface area (Å²) in [5.74, 6) is -1.02. The molecule has 2 saturated carbocycles. The van der Waals surface area contributed by atoms with Gasteiger partial charge in [0.05, 0.1) is 25.1 Å². The first-order valence-electron chi connectivity index (χ1n) is 17.3. The van der Waals surface area contributed by atoms with Gasteiger partial charge in [-0.15, -0.1) is 6.58 Å². The average molecular weight is 753 g/mol. The van der Waals surface area contributed by atoms with Gasteiger partial charge < -0.3 is 25.0 Å². The number of benzene rings is 1. The second kappa shape index (κ2) is 13.8. The van der Waals surface area contributed by atoms with E-state index in [4.69, 9.17) is 21.1 Å². The third kappa shape index (κ3) is 7.54. The van der Waals surface area contributed by atoms with Gasteiger partial charge in [-0.2, -0.15) is 0 Å². The Morgan fingerprint density at radius 2 is 1.87 bits per heavy atom. The fourth-order valence-electron chi connectivity index (χ4n) is 6.85.